The third-order valence-electron chi connectivity index (χ3n) is 5.53. The van der Waals surface area contributed by atoms with Gasteiger partial charge in [-0.1, -0.05) is 30.3 Å². The lowest BCUT2D eigenvalue weighted by atomic mass is 9.96. The van der Waals surface area contributed by atoms with Gasteiger partial charge in [-0.2, -0.15) is 13.2 Å². The first kappa shape index (κ1) is 24.2. The highest BCUT2D eigenvalue weighted by Gasteiger charge is 2.30. The largest absolute Gasteiger partial charge is 0.473 e. The molecule has 0 saturated carbocycles. The topological polar surface area (TPSA) is 95.7 Å². The first-order valence-corrected chi connectivity index (χ1v) is 10.4. The standard InChI is InChI=1S/C21H22F3N3.C2H2O4/c22-21(23,24)18-5-3-4-17(12-18)13-26-10-8-16(9-11-26)14-27-15-25-19-6-1-2-7-20(19)27;3-1(4)2(5)6/h1-7,12,15-16H,8-11,13-14H2;(H,3,4)(H,5,6). The smallest absolute Gasteiger partial charge is 0.416 e. The van der Waals surface area contributed by atoms with Crippen LogP contribution < -0.4 is 0 Å². The van der Waals surface area contributed by atoms with Gasteiger partial charge < -0.3 is 14.8 Å². The summed E-state index contributed by atoms with van der Waals surface area (Å²) >= 11 is 0. The Morgan fingerprint density at radius 1 is 1.00 bits per heavy atom. The molecule has 2 aromatic carbocycles. The number of carboxylic acids is 2. The minimum atomic E-state index is -4.28. The molecule has 0 unspecified atom stereocenters. The number of aromatic nitrogens is 2. The van der Waals surface area contributed by atoms with Crippen molar-refractivity contribution in [3.63, 3.8) is 0 Å². The number of imidazole rings is 1. The predicted octanol–water partition coefficient (Wildman–Crippen LogP) is 4.12. The minimum absolute atomic E-state index is 0.568. The van der Waals surface area contributed by atoms with E-state index < -0.39 is 23.7 Å². The quantitative estimate of drug-likeness (QED) is 0.565. The Balaban J connectivity index is 0.000000454. The van der Waals surface area contributed by atoms with Gasteiger partial charge >= 0.3 is 18.1 Å². The molecular formula is C23H24F3N3O4. The Morgan fingerprint density at radius 2 is 1.67 bits per heavy atom. The van der Waals surface area contributed by atoms with E-state index in [1.807, 2.05) is 24.5 Å². The summed E-state index contributed by atoms with van der Waals surface area (Å²) in [5.41, 5.74) is 2.33. The highest BCUT2D eigenvalue weighted by Crippen LogP contribution is 2.30. The molecule has 1 fully saturated rings. The van der Waals surface area contributed by atoms with E-state index in [1.54, 1.807) is 6.07 Å². The second-order valence-corrected chi connectivity index (χ2v) is 7.91. The number of nitrogens with zero attached hydrogens (tertiary/aromatic N) is 3. The van der Waals surface area contributed by atoms with E-state index >= 15 is 0 Å². The van der Waals surface area contributed by atoms with Gasteiger partial charge in [-0.05, 0) is 55.6 Å². The van der Waals surface area contributed by atoms with Crippen LogP contribution in [0.15, 0.2) is 54.9 Å². The van der Waals surface area contributed by atoms with E-state index in [0.717, 1.165) is 55.1 Å². The van der Waals surface area contributed by atoms with Crippen LogP contribution in [0.25, 0.3) is 11.0 Å². The van der Waals surface area contributed by atoms with Crippen molar-refractivity contribution in [2.24, 2.45) is 5.92 Å². The molecule has 1 aliphatic heterocycles. The number of fused-ring (bicyclic) bond motifs is 1. The van der Waals surface area contributed by atoms with Crippen LogP contribution in [-0.4, -0.2) is 49.7 Å². The Kier molecular flexibility index (Phi) is 7.70. The number of likely N-dealkylation sites (tertiary alicyclic amines) is 1. The van der Waals surface area contributed by atoms with E-state index in [4.69, 9.17) is 19.8 Å². The van der Waals surface area contributed by atoms with E-state index in [-0.39, 0.29) is 0 Å². The summed E-state index contributed by atoms with van der Waals surface area (Å²) in [6.07, 6.45) is -0.285. The Labute approximate surface area is 188 Å². The lowest BCUT2D eigenvalue weighted by Gasteiger charge is -2.32. The number of piperidine rings is 1. The molecule has 4 rings (SSSR count). The van der Waals surface area contributed by atoms with Crippen molar-refractivity contribution in [1.82, 2.24) is 14.5 Å². The summed E-state index contributed by atoms with van der Waals surface area (Å²) < 4.78 is 40.8. The zero-order valence-electron chi connectivity index (χ0n) is 17.7. The highest BCUT2D eigenvalue weighted by atomic mass is 19.4. The molecule has 10 heteroatoms. The van der Waals surface area contributed by atoms with Crippen molar-refractivity contribution >= 4 is 23.0 Å². The van der Waals surface area contributed by atoms with Crippen LogP contribution in [0.3, 0.4) is 0 Å². The molecule has 176 valence electrons. The summed E-state index contributed by atoms with van der Waals surface area (Å²) in [5.74, 6) is -3.08. The molecule has 1 aliphatic rings. The molecule has 2 heterocycles. The zero-order chi connectivity index (χ0) is 24.0. The normalized spacial score (nSPS) is 15.1. The van der Waals surface area contributed by atoms with Crippen LogP contribution >= 0.6 is 0 Å². The molecule has 0 atom stereocenters. The maximum absolute atomic E-state index is 12.9. The zero-order valence-corrected chi connectivity index (χ0v) is 17.7. The minimum Gasteiger partial charge on any atom is -0.473 e. The van der Waals surface area contributed by atoms with Crippen molar-refractivity contribution < 1.29 is 33.0 Å². The fourth-order valence-electron chi connectivity index (χ4n) is 3.87. The van der Waals surface area contributed by atoms with Gasteiger partial charge in [-0.3, -0.25) is 4.90 Å². The molecule has 0 aliphatic carbocycles. The summed E-state index contributed by atoms with van der Waals surface area (Å²) in [6.45, 7) is 3.34. The molecule has 1 saturated heterocycles. The van der Waals surface area contributed by atoms with Crippen molar-refractivity contribution in [3.8, 4) is 0 Å². The number of carboxylic acid groups (broad SMARTS) is 2. The predicted molar refractivity (Wildman–Crippen MR) is 114 cm³/mol. The molecule has 0 spiro atoms. The van der Waals surface area contributed by atoms with Gasteiger partial charge in [-0.15, -0.1) is 0 Å². The van der Waals surface area contributed by atoms with Crippen LogP contribution in [0.5, 0.6) is 0 Å². The summed E-state index contributed by atoms with van der Waals surface area (Å²) in [6, 6.07) is 13.8. The van der Waals surface area contributed by atoms with Crippen molar-refractivity contribution in [2.75, 3.05) is 13.1 Å². The number of carbonyl (C=O) groups is 2. The van der Waals surface area contributed by atoms with Crippen LogP contribution in [-0.2, 0) is 28.9 Å². The fraction of sp³-hybridized carbons (Fsp3) is 0.348. The number of hydrogen-bond donors (Lipinski definition) is 2. The van der Waals surface area contributed by atoms with Gasteiger partial charge in [-0.25, -0.2) is 14.6 Å². The van der Waals surface area contributed by atoms with Crippen molar-refractivity contribution in [3.05, 3.63) is 66.0 Å². The summed E-state index contributed by atoms with van der Waals surface area (Å²) in [4.78, 5) is 24.9. The maximum atomic E-state index is 12.9. The third kappa shape index (κ3) is 6.79. The number of benzene rings is 2. The molecule has 1 aromatic heterocycles. The first-order valence-electron chi connectivity index (χ1n) is 10.4. The van der Waals surface area contributed by atoms with Gasteiger partial charge in [0, 0.05) is 13.1 Å². The van der Waals surface area contributed by atoms with E-state index in [0.29, 0.717) is 12.5 Å². The fourth-order valence-corrected chi connectivity index (χ4v) is 3.87. The lowest BCUT2D eigenvalue weighted by Crippen LogP contribution is -2.34. The first-order chi connectivity index (χ1) is 15.6. The van der Waals surface area contributed by atoms with Crippen LogP contribution in [0, 0.1) is 5.92 Å². The number of rotatable bonds is 4. The molecule has 0 amide bonds. The second-order valence-electron chi connectivity index (χ2n) is 7.91. The van der Waals surface area contributed by atoms with Gasteiger partial charge in [0.15, 0.2) is 0 Å². The van der Waals surface area contributed by atoms with Gasteiger partial charge in [0.1, 0.15) is 0 Å². The van der Waals surface area contributed by atoms with Crippen LogP contribution in [0.1, 0.15) is 24.0 Å². The average Bonchev–Trinajstić information content (AvgIpc) is 3.18. The lowest BCUT2D eigenvalue weighted by molar-refractivity contribution is -0.159. The SMILES string of the molecule is FC(F)(F)c1cccc(CN2CCC(Cn3cnc4ccccc43)CC2)c1.O=C(O)C(=O)O. The van der Waals surface area contributed by atoms with Gasteiger partial charge in [0.25, 0.3) is 0 Å². The number of alkyl halides is 3. The average molecular weight is 463 g/mol. The highest BCUT2D eigenvalue weighted by molar-refractivity contribution is 6.27. The van der Waals surface area contributed by atoms with Crippen LogP contribution in [0.4, 0.5) is 13.2 Å². The second kappa shape index (κ2) is 10.5. The van der Waals surface area contributed by atoms with Crippen molar-refractivity contribution in [2.45, 2.75) is 32.1 Å². The Hall–Kier alpha value is -3.40. The molecule has 33 heavy (non-hydrogen) atoms. The summed E-state index contributed by atoms with van der Waals surface area (Å²) in [5, 5.41) is 14.8. The molecule has 3 aromatic rings. The summed E-state index contributed by atoms with van der Waals surface area (Å²) in [7, 11) is 0. The molecule has 7 nitrogen and oxygen atoms in total. The maximum Gasteiger partial charge on any atom is 0.416 e. The Morgan fingerprint density at radius 3 is 2.30 bits per heavy atom. The van der Waals surface area contributed by atoms with E-state index in [2.05, 4.69) is 20.5 Å². The molecule has 0 radical (unpaired) electrons. The Bertz CT molecular complexity index is 1090. The van der Waals surface area contributed by atoms with E-state index in [1.165, 1.54) is 12.1 Å². The molecule has 2 N–H and O–H groups in total. The monoisotopic (exact) mass is 463 g/mol. The number of aliphatic carboxylic acids is 2. The molecular weight excluding hydrogens is 439 g/mol. The van der Waals surface area contributed by atoms with Gasteiger partial charge in [0.2, 0.25) is 0 Å². The van der Waals surface area contributed by atoms with E-state index in [9.17, 15) is 13.2 Å². The third-order valence-corrected chi connectivity index (χ3v) is 5.53. The number of halogens is 3. The van der Waals surface area contributed by atoms with Crippen molar-refractivity contribution in [1.29, 1.82) is 0 Å². The van der Waals surface area contributed by atoms with Gasteiger partial charge in [0.05, 0.1) is 22.9 Å². The van der Waals surface area contributed by atoms with Crippen LogP contribution in [0.2, 0.25) is 0 Å². The number of para-hydroxylation sites is 2. The number of hydrogen-bond acceptors (Lipinski definition) is 4. The molecule has 0 bridgehead atoms.